The van der Waals surface area contributed by atoms with Crippen LogP contribution in [0.15, 0.2) is 42.6 Å². The van der Waals surface area contributed by atoms with Crippen molar-refractivity contribution in [2.75, 3.05) is 0 Å². The second-order valence-corrected chi connectivity index (χ2v) is 3.75. The smallest absolute Gasteiger partial charge is 0.134 e. The normalized spacial score (nSPS) is 10.3. The first-order chi connectivity index (χ1) is 7.33. The number of aromatic nitrogens is 1. The molecule has 0 fully saturated rings. The average molecular weight is 238 g/mol. The van der Waals surface area contributed by atoms with Crippen molar-refractivity contribution in [2.24, 2.45) is 0 Å². The Kier molecular flexibility index (Phi) is 3.24. The van der Waals surface area contributed by atoms with Crippen molar-refractivity contribution in [3.63, 3.8) is 0 Å². The standard InChI is InChI=1S/C12H9Cl2N/c13-8-11-10(6-7-15-12(11)14)9-4-2-1-3-5-9/h1-7H,8H2. The van der Waals surface area contributed by atoms with Gasteiger partial charge in [-0.2, -0.15) is 0 Å². The molecule has 0 bridgehead atoms. The van der Waals surface area contributed by atoms with Gasteiger partial charge in [0.2, 0.25) is 0 Å². The SMILES string of the molecule is ClCc1c(-c2ccccc2)ccnc1Cl. The number of alkyl halides is 1. The second-order valence-electron chi connectivity index (χ2n) is 3.13. The first-order valence-electron chi connectivity index (χ1n) is 4.57. The van der Waals surface area contributed by atoms with Gasteiger partial charge in [-0.1, -0.05) is 41.9 Å². The van der Waals surface area contributed by atoms with Crippen molar-refractivity contribution in [2.45, 2.75) is 5.88 Å². The molecule has 1 aromatic heterocycles. The van der Waals surface area contributed by atoms with Crippen LogP contribution in [0.1, 0.15) is 5.56 Å². The van der Waals surface area contributed by atoms with Crippen molar-refractivity contribution in [3.05, 3.63) is 53.3 Å². The maximum atomic E-state index is 5.98. The highest BCUT2D eigenvalue weighted by molar-refractivity contribution is 6.31. The first kappa shape index (κ1) is 10.5. The Morgan fingerprint density at radius 3 is 2.47 bits per heavy atom. The second kappa shape index (κ2) is 4.65. The van der Waals surface area contributed by atoms with Crippen LogP contribution in [0.4, 0.5) is 0 Å². The van der Waals surface area contributed by atoms with Gasteiger partial charge in [-0.25, -0.2) is 4.98 Å². The zero-order valence-corrected chi connectivity index (χ0v) is 9.46. The quantitative estimate of drug-likeness (QED) is 0.566. The van der Waals surface area contributed by atoms with Crippen LogP contribution in [-0.4, -0.2) is 4.98 Å². The molecule has 0 saturated carbocycles. The summed E-state index contributed by atoms with van der Waals surface area (Å²) in [6, 6.07) is 11.9. The lowest BCUT2D eigenvalue weighted by atomic mass is 10.0. The first-order valence-corrected chi connectivity index (χ1v) is 5.49. The minimum absolute atomic E-state index is 0.372. The summed E-state index contributed by atoms with van der Waals surface area (Å²) >= 11 is 11.8. The van der Waals surface area contributed by atoms with Gasteiger partial charge in [0.15, 0.2) is 0 Å². The summed E-state index contributed by atoms with van der Waals surface area (Å²) in [4.78, 5) is 4.02. The topological polar surface area (TPSA) is 12.9 Å². The van der Waals surface area contributed by atoms with Gasteiger partial charge in [0.25, 0.3) is 0 Å². The molecule has 0 aliphatic heterocycles. The molecule has 0 radical (unpaired) electrons. The number of pyridine rings is 1. The highest BCUT2D eigenvalue weighted by atomic mass is 35.5. The summed E-state index contributed by atoms with van der Waals surface area (Å²) in [6.07, 6.45) is 1.70. The Hall–Kier alpha value is -1.05. The fourth-order valence-corrected chi connectivity index (χ4v) is 2.05. The molecule has 15 heavy (non-hydrogen) atoms. The minimum atomic E-state index is 0.372. The Morgan fingerprint density at radius 1 is 1.07 bits per heavy atom. The van der Waals surface area contributed by atoms with Crippen molar-refractivity contribution < 1.29 is 0 Å². The van der Waals surface area contributed by atoms with E-state index in [1.165, 1.54) is 0 Å². The third kappa shape index (κ3) is 2.14. The Balaban J connectivity index is 2.58. The van der Waals surface area contributed by atoms with E-state index in [-0.39, 0.29) is 0 Å². The number of hydrogen-bond donors (Lipinski definition) is 0. The molecule has 1 heterocycles. The zero-order chi connectivity index (χ0) is 10.7. The number of halogens is 2. The maximum absolute atomic E-state index is 5.98. The summed E-state index contributed by atoms with van der Waals surface area (Å²) in [5, 5.41) is 0.478. The fraction of sp³-hybridized carbons (Fsp3) is 0.0833. The summed E-state index contributed by atoms with van der Waals surface area (Å²) in [5.41, 5.74) is 3.04. The van der Waals surface area contributed by atoms with Gasteiger partial charge in [0.05, 0.1) is 5.88 Å². The molecule has 1 aromatic carbocycles. The van der Waals surface area contributed by atoms with Gasteiger partial charge in [0, 0.05) is 11.8 Å². The summed E-state index contributed by atoms with van der Waals surface area (Å²) in [7, 11) is 0. The summed E-state index contributed by atoms with van der Waals surface area (Å²) in [5.74, 6) is 0.372. The van der Waals surface area contributed by atoms with Crippen LogP contribution < -0.4 is 0 Å². The van der Waals surface area contributed by atoms with Crippen LogP contribution in [0.25, 0.3) is 11.1 Å². The van der Waals surface area contributed by atoms with Crippen molar-refractivity contribution in [1.82, 2.24) is 4.98 Å². The monoisotopic (exact) mass is 237 g/mol. The molecule has 0 aliphatic rings. The highest BCUT2D eigenvalue weighted by Crippen LogP contribution is 2.28. The van der Waals surface area contributed by atoms with Gasteiger partial charge in [0.1, 0.15) is 5.15 Å². The van der Waals surface area contributed by atoms with Crippen LogP contribution >= 0.6 is 23.2 Å². The van der Waals surface area contributed by atoms with Crippen LogP contribution in [0.5, 0.6) is 0 Å². The molecule has 0 N–H and O–H groups in total. The number of benzene rings is 1. The molecule has 0 atom stereocenters. The van der Waals surface area contributed by atoms with E-state index in [1.54, 1.807) is 6.20 Å². The summed E-state index contributed by atoms with van der Waals surface area (Å²) in [6.45, 7) is 0. The van der Waals surface area contributed by atoms with Gasteiger partial charge in [-0.15, -0.1) is 11.6 Å². The molecule has 0 aliphatic carbocycles. The largest absolute Gasteiger partial charge is 0.244 e. The molecule has 1 nitrogen and oxygen atoms in total. The molecular weight excluding hydrogens is 229 g/mol. The summed E-state index contributed by atoms with van der Waals surface area (Å²) < 4.78 is 0. The number of hydrogen-bond acceptors (Lipinski definition) is 1. The Labute approximate surface area is 98.7 Å². The lowest BCUT2D eigenvalue weighted by Crippen LogP contribution is -1.90. The van der Waals surface area contributed by atoms with Crippen LogP contribution in [0.2, 0.25) is 5.15 Å². The molecule has 2 rings (SSSR count). The number of rotatable bonds is 2. The van der Waals surface area contributed by atoms with E-state index in [0.717, 1.165) is 16.7 Å². The van der Waals surface area contributed by atoms with Crippen molar-refractivity contribution in [3.8, 4) is 11.1 Å². The molecule has 0 amide bonds. The third-order valence-corrected chi connectivity index (χ3v) is 2.81. The van der Waals surface area contributed by atoms with E-state index in [2.05, 4.69) is 4.98 Å². The average Bonchev–Trinajstić information content (AvgIpc) is 2.30. The molecule has 3 heteroatoms. The van der Waals surface area contributed by atoms with Crippen LogP contribution in [-0.2, 0) is 5.88 Å². The predicted octanol–water partition coefficient (Wildman–Crippen LogP) is 4.14. The molecule has 2 aromatic rings. The van der Waals surface area contributed by atoms with E-state index < -0.39 is 0 Å². The van der Waals surface area contributed by atoms with E-state index >= 15 is 0 Å². The molecule has 0 spiro atoms. The van der Waals surface area contributed by atoms with Gasteiger partial charge in [-0.3, -0.25) is 0 Å². The maximum Gasteiger partial charge on any atom is 0.134 e. The van der Waals surface area contributed by atoms with Gasteiger partial charge in [-0.05, 0) is 17.2 Å². The highest BCUT2D eigenvalue weighted by Gasteiger charge is 2.08. The van der Waals surface area contributed by atoms with Gasteiger partial charge < -0.3 is 0 Å². The minimum Gasteiger partial charge on any atom is -0.244 e. The van der Waals surface area contributed by atoms with Crippen molar-refractivity contribution >= 4 is 23.2 Å². The lowest BCUT2D eigenvalue weighted by Gasteiger charge is -2.07. The fourth-order valence-electron chi connectivity index (χ4n) is 1.48. The third-order valence-electron chi connectivity index (χ3n) is 2.22. The van der Waals surface area contributed by atoms with Gasteiger partial charge >= 0.3 is 0 Å². The Morgan fingerprint density at radius 2 is 1.80 bits per heavy atom. The number of nitrogens with zero attached hydrogens (tertiary/aromatic N) is 1. The van der Waals surface area contributed by atoms with E-state index in [4.69, 9.17) is 23.2 Å². The molecular formula is C12H9Cl2N. The predicted molar refractivity (Wildman–Crippen MR) is 64.2 cm³/mol. The Bertz CT molecular complexity index is 454. The molecule has 0 unspecified atom stereocenters. The van der Waals surface area contributed by atoms with E-state index in [0.29, 0.717) is 11.0 Å². The van der Waals surface area contributed by atoms with E-state index in [9.17, 15) is 0 Å². The van der Waals surface area contributed by atoms with Crippen molar-refractivity contribution in [1.29, 1.82) is 0 Å². The zero-order valence-electron chi connectivity index (χ0n) is 7.95. The van der Waals surface area contributed by atoms with Crippen LogP contribution in [0, 0.1) is 0 Å². The molecule has 0 saturated heterocycles. The lowest BCUT2D eigenvalue weighted by molar-refractivity contribution is 1.25. The molecule has 76 valence electrons. The van der Waals surface area contributed by atoms with Crippen LogP contribution in [0.3, 0.4) is 0 Å². The van der Waals surface area contributed by atoms with E-state index in [1.807, 2.05) is 36.4 Å².